The SMILES string of the molecule is CC(=O)OC1=C[C@@H]2C[C@H]1[C@@H]1C(=O)OC(=O)[C@@H]12. The largest absolute Gasteiger partial charge is 0.431 e. The number of rotatable bonds is 1. The lowest BCUT2D eigenvalue weighted by Crippen LogP contribution is -2.25. The standard InChI is InChI=1S/C11H10O5/c1-4(12)15-7-3-5-2-6(7)9-8(5)10(13)16-11(9)14/h3,5-6,8-9H,2H2,1H3/t5-,6+,8+,9-/m0/s1. The first kappa shape index (κ1) is 9.57. The zero-order chi connectivity index (χ0) is 11.4. The molecule has 3 rings (SSSR count). The Hall–Kier alpha value is -1.65. The average molecular weight is 222 g/mol. The van der Waals surface area contributed by atoms with Crippen molar-refractivity contribution in [3.8, 4) is 0 Å². The topological polar surface area (TPSA) is 69.7 Å². The summed E-state index contributed by atoms with van der Waals surface area (Å²) in [6.07, 6.45) is 2.49. The highest BCUT2D eigenvalue weighted by Crippen LogP contribution is 2.55. The van der Waals surface area contributed by atoms with Crippen molar-refractivity contribution in [2.24, 2.45) is 23.7 Å². The first-order chi connectivity index (χ1) is 7.58. The Morgan fingerprint density at radius 1 is 1.38 bits per heavy atom. The molecule has 0 unspecified atom stereocenters. The predicted octanol–water partition coefficient (Wildman–Crippen LogP) is 0.399. The highest BCUT2D eigenvalue weighted by atomic mass is 16.6. The summed E-state index contributed by atoms with van der Waals surface area (Å²) in [5, 5.41) is 0. The van der Waals surface area contributed by atoms with E-state index in [0.29, 0.717) is 12.2 Å². The summed E-state index contributed by atoms with van der Waals surface area (Å²) in [4.78, 5) is 33.7. The zero-order valence-electron chi connectivity index (χ0n) is 8.64. The maximum Gasteiger partial charge on any atom is 0.318 e. The van der Waals surface area contributed by atoms with Crippen LogP contribution in [0.2, 0.25) is 0 Å². The van der Waals surface area contributed by atoms with Crippen molar-refractivity contribution in [3.05, 3.63) is 11.8 Å². The van der Waals surface area contributed by atoms with Gasteiger partial charge in [-0.15, -0.1) is 0 Å². The van der Waals surface area contributed by atoms with Crippen LogP contribution in [-0.4, -0.2) is 17.9 Å². The van der Waals surface area contributed by atoms with Crippen LogP contribution in [0.3, 0.4) is 0 Å². The molecule has 4 atom stereocenters. The zero-order valence-corrected chi connectivity index (χ0v) is 8.64. The molecule has 0 N–H and O–H groups in total. The molecule has 0 aromatic heterocycles. The molecule has 1 saturated heterocycles. The van der Waals surface area contributed by atoms with E-state index in [0.717, 1.165) is 0 Å². The summed E-state index contributed by atoms with van der Waals surface area (Å²) >= 11 is 0. The van der Waals surface area contributed by atoms with Gasteiger partial charge in [0.25, 0.3) is 0 Å². The lowest BCUT2D eigenvalue weighted by molar-refractivity contribution is -0.155. The van der Waals surface area contributed by atoms with Gasteiger partial charge in [-0.3, -0.25) is 14.4 Å². The lowest BCUT2D eigenvalue weighted by atomic mass is 9.84. The van der Waals surface area contributed by atoms with Gasteiger partial charge >= 0.3 is 17.9 Å². The van der Waals surface area contributed by atoms with Crippen LogP contribution in [0.5, 0.6) is 0 Å². The van der Waals surface area contributed by atoms with Crippen molar-refractivity contribution in [2.75, 3.05) is 0 Å². The monoisotopic (exact) mass is 222 g/mol. The Balaban J connectivity index is 1.92. The van der Waals surface area contributed by atoms with Crippen LogP contribution in [0.4, 0.5) is 0 Å². The molecule has 1 saturated carbocycles. The summed E-state index contributed by atoms with van der Waals surface area (Å²) in [6.45, 7) is 1.32. The number of fused-ring (bicyclic) bond motifs is 5. The third kappa shape index (κ3) is 1.08. The van der Waals surface area contributed by atoms with E-state index in [2.05, 4.69) is 4.74 Å². The number of carbonyl (C=O) groups is 3. The minimum atomic E-state index is -0.472. The van der Waals surface area contributed by atoms with E-state index < -0.39 is 23.8 Å². The van der Waals surface area contributed by atoms with E-state index in [1.165, 1.54) is 6.92 Å². The van der Waals surface area contributed by atoms with Gasteiger partial charge in [-0.2, -0.15) is 0 Å². The summed E-state index contributed by atoms with van der Waals surface area (Å²) in [7, 11) is 0. The van der Waals surface area contributed by atoms with Crippen LogP contribution in [0.1, 0.15) is 13.3 Å². The number of hydrogen-bond donors (Lipinski definition) is 0. The molecule has 0 radical (unpaired) electrons. The van der Waals surface area contributed by atoms with Gasteiger partial charge < -0.3 is 9.47 Å². The van der Waals surface area contributed by atoms with E-state index in [1.54, 1.807) is 6.08 Å². The van der Waals surface area contributed by atoms with Crippen LogP contribution >= 0.6 is 0 Å². The van der Waals surface area contributed by atoms with Crippen LogP contribution in [0, 0.1) is 23.7 Å². The van der Waals surface area contributed by atoms with Gasteiger partial charge in [0.2, 0.25) is 0 Å². The predicted molar refractivity (Wildman–Crippen MR) is 49.5 cm³/mol. The molecule has 2 bridgehead atoms. The number of carbonyl (C=O) groups excluding carboxylic acids is 3. The quantitative estimate of drug-likeness (QED) is 0.474. The smallest absolute Gasteiger partial charge is 0.318 e. The van der Waals surface area contributed by atoms with Gasteiger partial charge in [-0.1, -0.05) is 0 Å². The first-order valence-corrected chi connectivity index (χ1v) is 5.23. The molecule has 3 aliphatic rings. The molecular formula is C11H10O5. The number of hydrogen-bond acceptors (Lipinski definition) is 5. The fourth-order valence-corrected chi connectivity index (χ4v) is 3.05. The number of esters is 3. The molecule has 2 fully saturated rings. The summed E-state index contributed by atoms with van der Waals surface area (Å²) in [5.74, 6) is -1.71. The normalized spacial score (nSPS) is 39.4. The summed E-state index contributed by atoms with van der Waals surface area (Å²) in [5.41, 5.74) is 0. The van der Waals surface area contributed by atoms with Crippen LogP contribution in [-0.2, 0) is 23.9 Å². The van der Waals surface area contributed by atoms with Gasteiger partial charge in [0.05, 0.1) is 11.8 Å². The van der Waals surface area contributed by atoms with Gasteiger partial charge in [-0.25, -0.2) is 0 Å². The van der Waals surface area contributed by atoms with Gasteiger partial charge in [0.1, 0.15) is 5.76 Å². The van der Waals surface area contributed by atoms with Gasteiger partial charge in [-0.05, 0) is 18.4 Å². The second-order valence-corrected chi connectivity index (χ2v) is 4.46. The molecule has 0 amide bonds. The Morgan fingerprint density at radius 2 is 2.06 bits per heavy atom. The van der Waals surface area contributed by atoms with E-state index in [-0.39, 0.29) is 17.8 Å². The lowest BCUT2D eigenvalue weighted by Gasteiger charge is -2.19. The van der Waals surface area contributed by atoms with Crippen LogP contribution < -0.4 is 0 Å². The molecule has 16 heavy (non-hydrogen) atoms. The molecule has 0 aromatic rings. The van der Waals surface area contributed by atoms with Crippen molar-refractivity contribution in [2.45, 2.75) is 13.3 Å². The van der Waals surface area contributed by atoms with Crippen molar-refractivity contribution >= 4 is 17.9 Å². The Labute approximate surface area is 91.4 Å². The maximum atomic E-state index is 11.5. The van der Waals surface area contributed by atoms with E-state index in [1.807, 2.05) is 0 Å². The second kappa shape index (κ2) is 2.93. The van der Waals surface area contributed by atoms with E-state index in [4.69, 9.17) is 4.74 Å². The molecule has 1 aliphatic heterocycles. The molecule has 0 spiro atoms. The van der Waals surface area contributed by atoms with Crippen molar-refractivity contribution in [3.63, 3.8) is 0 Å². The third-order valence-corrected chi connectivity index (χ3v) is 3.56. The van der Waals surface area contributed by atoms with Crippen molar-refractivity contribution in [1.29, 1.82) is 0 Å². The van der Waals surface area contributed by atoms with Crippen LogP contribution in [0.15, 0.2) is 11.8 Å². The average Bonchev–Trinajstić information content (AvgIpc) is 2.78. The molecule has 2 aliphatic carbocycles. The van der Waals surface area contributed by atoms with E-state index in [9.17, 15) is 14.4 Å². The Morgan fingerprint density at radius 3 is 2.75 bits per heavy atom. The molecule has 5 heteroatoms. The Kier molecular flexibility index (Phi) is 1.75. The maximum absolute atomic E-state index is 11.5. The molecule has 1 heterocycles. The fourth-order valence-electron chi connectivity index (χ4n) is 3.05. The molecule has 5 nitrogen and oxygen atoms in total. The third-order valence-electron chi connectivity index (χ3n) is 3.56. The minimum absolute atomic E-state index is 0.0108. The van der Waals surface area contributed by atoms with Crippen molar-refractivity contribution < 1.29 is 23.9 Å². The molecule has 84 valence electrons. The first-order valence-electron chi connectivity index (χ1n) is 5.23. The van der Waals surface area contributed by atoms with E-state index >= 15 is 0 Å². The molecular weight excluding hydrogens is 212 g/mol. The highest BCUT2D eigenvalue weighted by molar-refractivity contribution is 5.98. The number of cyclic esters (lactones) is 2. The second-order valence-electron chi connectivity index (χ2n) is 4.46. The number of allylic oxidation sites excluding steroid dienone is 2. The molecule has 0 aromatic carbocycles. The minimum Gasteiger partial charge on any atom is -0.431 e. The Bertz CT molecular complexity index is 436. The summed E-state index contributed by atoms with van der Waals surface area (Å²) < 4.78 is 9.65. The summed E-state index contributed by atoms with van der Waals surface area (Å²) in [6, 6.07) is 0. The van der Waals surface area contributed by atoms with Crippen LogP contribution in [0.25, 0.3) is 0 Å². The van der Waals surface area contributed by atoms with Gasteiger partial charge in [0, 0.05) is 12.8 Å². The highest BCUT2D eigenvalue weighted by Gasteiger charge is 2.61. The van der Waals surface area contributed by atoms with Gasteiger partial charge in [0.15, 0.2) is 0 Å². The van der Waals surface area contributed by atoms with Crippen molar-refractivity contribution in [1.82, 2.24) is 0 Å². The number of ether oxygens (including phenoxy) is 2. The fraction of sp³-hybridized carbons (Fsp3) is 0.545.